The van der Waals surface area contributed by atoms with E-state index >= 15 is 0 Å². The van der Waals surface area contributed by atoms with E-state index in [4.69, 9.17) is 11.6 Å². The first kappa shape index (κ1) is 11.4. The van der Waals surface area contributed by atoms with E-state index in [9.17, 15) is 9.90 Å². The Labute approximate surface area is 98.2 Å². The van der Waals surface area contributed by atoms with Gasteiger partial charge in [-0.1, -0.05) is 11.6 Å². The number of carbonyl (C=O) groups excluding carboxylic acids is 1. The molecule has 0 aliphatic heterocycles. The number of carbonyl (C=O) groups is 1. The molecule has 1 saturated carbocycles. The first-order valence-electron chi connectivity index (χ1n) is 4.98. The minimum Gasteiger partial charge on any atom is -0.467 e. The van der Waals surface area contributed by atoms with Gasteiger partial charge in [-0.3, -0.25) is 4.98 Å². The van der Waals surface area contributed by atoms with Crippen LogP contribution in [0.1, 0.15) is 18.5 Å². The van der Waals surface area contributed by atoms with E-state index in [0.717, 1.165) is 12.8 Å². The van der Waals surface area contributed by atoms with Crippen molar-refractivity contribution in [2.75, 3.05) is 7.11 Å². The molecule has 16 heavy (non-hydrogen) atoms. The van der Waals surface area contributed by atoms with Crippen LogP contribution in [0.2, 0.25) is 5.02 Å². The second kappa shape index (κ2) is 4.03. The molecule has 0 amide bonds. The lowest BCUT2D eigenvalue weighted by molar-refractivity contribution is -0.152. The molecule has 0 aromatic carbocycles. The van der Waals surface area contributed by atoms with Gasteiger partial charge in [-0.25, -0.2) is 4.79 Å². The summed E-state index contributed by atoms with van der Waals surface area (Å²) in [6, 6.07) is 3.44. The quantitative estimate of drug-likeness (QED) is 0.811. The minimum atomic E-state index is -1.15. The van der Waals surface area contributed by atoms with Crippen molar-refractivity contribution in [2.45, 2.75) is 24.4 Å². The molecule has 4 nitrogen and oxygen atoms in total. The van der Waals surface area contributed by atoms with Crippen LogP contribution in [-0.4, -0.2) is 29.3 Å². The lowest BCUT2D eigenvalue weighted by atomic mass is 9.94. The van der Waals surface area contributed by atoms with Crippen molar-refractivity contribution in [1.29, 1.82) is 0 Å². The first-order valence-corrected chi connectivity index (χ1v) is 5.36. The number of aliphatic hydroxyl groups excluding tert-OH is 1. The van der Waals surface area contributed by atoms with E-state index in [1.165, 1.54) is 13.3 Å². The van der Waals surface area contributed by atoms with Gasteiger partial charge >= 0.3 is 5.97 Å². The van der Waals surface area contributed by atoms with Crippen LogP contribution < -0.4 is 0 Å². The van der Waals surface area contributed by atoms with Crippen LogP contribution in [0.4, 0.5) is 0 Å². The standard InChI is InChI=1S/C11H12ClNO3/c1-16-10(15)9(14)11(4-5-11)8-3-2-7(12)6-13-8/h2-3,6,9,14H,4-5H2,1H3. The molecular weight excluding hydrogens is 230 g/mol. The smallest absolute Gasteiger partial charge is 0.335 e. The van der Waals surface area contributed by atoms with Crippen molar-refractivity contribution in [3.05, 3.63) is 29.0 Å². The number of aromatic nitrogens is 1. The summed E-state index contributed by atoms with van der Waals surface area (Å²) in [5.41, 5.74) is 0.118. The third kappa shape index (κ3) is 1.79. The summed E-state index contributed by atoms with van der Waals surface area (Å²) in [7, 11) is 1.26. The number of ether oxygens (including phenoxy) is 1. The average molecular weight is 242 g/mol. The van der Waals surface area contributed by atoms with Crippen molar-refractivity contribution in [3.63, 3.8) is 0 Å². The highest BCUT2D eigenvalue weighted by molar-refractivity contribution is 6.30. The van der Waals surface area contributed by atoms with Crippen molar-refractivity contribution >= 4 is 17.6 Å². The van der Waals surface area contributed by atoms with E-state index in [-0.39, 0.29) is 0 Å². The summed E-state index contributed by atoms with van der Waals surface area (Å²) in [6.07, 6.45) is 1.84. The SMILES string of the molecule is COC(=O)C(O)C1(c2ccc(Cl)cn2)CC1. The molecule has 1 fully saturated rings. The molecule has 0 spiro atoms. The molecule has 1 atom stereocenters. The van der Waals surface area contributed by atoms with Gasteiger partial charge in [0.05, 0.1) is 12.1 Å². The van der Waals surface area contributed by atoms with Gasteiger partial charge in [-0.2, -0.15) is 0 Å². The Bertz CT molecular complexity index is 400. The zero-order chi connectivity index (χ0) is 11.8. The Kier molecular flexibility index (Phi) is 2.86. The van der Waals surface area contributed by atoms with Crippen LogP contribution in [0.3, 0.4) is 0 Å². The first-order chi connectivity index (χ1) is 7.60. The fourth-order valence-electron chi connectivity index (χ4n) is 1.81. The third-order valence-electron chi connectivity index (χ3n) is 2.97. The molecule has 1 unspecified atom stereocenters. The molecule has 86 valence electrons. The molecule has 1 aromatic rings. The highest BCUT2D eigenvalue weighted by Gasteiger charge is 2.55. The summed E-state index contributed by atoms with van der Waals surface area (Å²) in [5.74, 6) is -0.616. The summed E-state index contributed by atoms with van der Waals surface area (Å²) in [6.45, 7) is 0. The largest absolute Gasteiger partial charge is 0.467 e. The number of hydrogen-bond donors (Lipinski definition) is 1. The number of esters is 1. The molecule has 0 radical (unpaired) electrons. The zero-order valence-corrected chi connectivity index (χ0v) is 9.57. The Morgan fingerprint density at radius 3 is 2.75 bits per heavy atom. The number of methoxy groups -OCH3 is 1. The number of pyridine rings is 1. The highest BCUT2D eigenvalue weighted by atomic mass is 35.5. The molecule has 0 bridgehead atoms. The van der Waals surface area contributed by atoms with Gasteiger partial charge in [0.25, 0.3) is 0 Å². The molecule has 1 aliphatic carbocycles. The molecule has 2 rings (SSSR count). The molecule has 1 heterocycles. The van der Waals surface area contributed by atoms with Crippen LogP contribution in [-0.2, 0) is 14.9 Å². The van der Waals surface area contributed by atoms with E-state index in [2.05, 4.69) is 9.72 Å². The van der Waals surface area contributed by atoms with E-state index < -0.39 is 17.5 Å². The molecule has 5 heteroatoms. The minimum absolute atomic E-state index is 0.534. The van der Waals surface area contributed by atoms with Gasteiger partial charge in [0.1, 0.15) is 0 Å². The summed E-state index contributed by atoms with van der Waals surface area (Å²) >= 11 is 5.73. The normalized spacial score (nSPS) is 18.9. The summed E-state index contributed by atoms with van der Waals surface area (Å²) in [5, 5.41) is 10.4. The van der Waals surface area contributed by atoms with Gasteiger partial charge in [-0.15, -0.1) is 0 Å². The fraction of sp³-hybridized carbons (Fsp3) is 0.455. The van der Waals surface area contributed by atoms with Crippen LogP contribution >= 0.6 is 11.6 Å². The Morgan fingerprint density at radius 1 is 1.62 bits per heavy atom. The molecular formula is C11H12ClNO3. The number of rotatable bonds is 3. The predicted molar refractivity (Wildman–Crippen MR) is 58.2 cm³/mol. The molecule has 1 N–H and O–H groups in total. The summed E-state index contributed by atoms with van der Waals surface area (Å²) < 4.78 is 4.54. The van der Waals surface area contributed by atoms with Crippen molar-refractivity contribution in [1.82, 2.24) is 4.98 Å². The van der Waals surface area contributed by atoms with Gasteiger partial charge < -0.3 is 9.84 Å². The van der Waals surface area contributed by atoms with Crippen LogP contribution in [0.25, 0.3) is 0 Å². The van der Waals surface area contributed by atoms with Gasteiger partial charge in [-0.05, 0) is 25.0 Å². The second-order valence-corrected chi connectivity index (χ2v) is 4.38. The predicted octanol–water partition coefficient (Wildman–Crippen LogP) is 1.30. The van der Waals surface area contributed by atoms with E-state index in [0.29, 0.717) is 10.7 Å². The molecule has 1 aromatic heterocycles. The Morgan fingerprint density at radius 2 is 2.31 bits per heavy atom. The number of halogens is 1. The van der Waals surface area contributed by atoms with Gasteiger partial charge in [0.2, 0.25) is 0 Å². The lowest BCUT2D eigenvalue weighted by Gasteiger charge is -2.19. The molecule has 1 aliphatic rings. The maximum atomic E-state index is 11.3. The van der Waals surface area contributed by atoms with Crippen molar-refractivity contribution < 1.29 is 14.6 Å². The monoisotopic (exact) mass is 241 g/mol. The van der Waals surface area contributed by atoms with Crippen molar-refractivity contribution in [2.24, 2.45) is 0 Å². The second-order valence-electron chi connectivity index (χ2n) is 3.94. The van der Waals surface area contributed by atoms with Crippen molar-refractivity contribution in [3.8, 4) is 0 Å². The highest BCUT2D eigenvalue weighted by Crippen LogP contribution is 2.50. The van der Waals surface area contributed by atoms with E-state index in [1.807, 2.05) is 0 Å². The van der Waals surface area contributed by atoms with Crippen LogP contribution in [0.15, 0.2) is 18.3 Å². The third-order valence-corrected chi connectivity index (χ3v) is 3.20. The van der Waals surface area contributed by atoms with Gasteiger partial charge in [0, 0.05) is 17.3 Å². The van der Waals surface area contributed by atoms with Crippen LogP contribution in [0, 0.1) is 0 Å². The summed E-state index contributed by atoms with van der Waals surface area (Å²) in [4.78, 5) is 15.5. The lowest BCUT2D eigenvalue weighted by Crippen LogP contribution is -2.35. The molecule has 0 saturated heterocycles. The maximum absolute atomic E-state index is 11.3. The Balaban J connectivity index is 2.26. The Hall–Kier alpha value is -1.13. The zero-order valence-electron chi connectivity index (χ0n) is 8.81. The topological polar surface area (TPSA) is 59.4 Å². The van der Waals surface area contributed by atoms with Crippen LogP contribution in [0.5, 0.6) is 0 Å². The number of aliphatic hydroxyl groups is 1. The average Bonchev–Trinajstić information content (AvgIpc) is 3.09. The fourth-order valence-corrected chi connectivity index (χ4v) is 1.92. The number of nitrogens with zero attached hydrogens (tertiary/aromatic N) is 1. The maximum Gasteiger partial charge on any atom is 0.335 e. The van der Waals surface area contributed by atoms with Gasteiger partial charge in [0.15, 0.2) is 6.10 Å². The van der Waals surface area contributed by atoms with E-state index in [1.54, 1.807) is 12.1 Å². The number of hydrogen-bond acceptors (Lipinski definition) is 4.